The molecule has 0 spiro atoms. The molecule has 0 saturated heterocycles. The van der Waals surface area contributed by atoms with Gasteiger partial charge in [-0.2, -0.15) is 0 Å². The highest BCUT2D eigenvalue weighted by molar-refractivity contribution is 6.34. The van der Waals surface area contributed by atoms with E-state index in [2.05, 4.69) is 55.7 Å². The standard InChI is InChI=1S/C23H25ClN2/c1-15-10-12-20(21(24)13-15)23-25-22-14-16(2)9-11-19(22)17(3)26(23)18-7-5-4-6-8-18/h9-14,18H,3-8H2,1-2H3. The molecule has 26 heavy (non-hydrogen) atoms. The van der Waals surface area contributed by atoms with Gasteiger partial charge in [0.05, 0.1) is 10.7 Å². The molecule has 4 rings (SSSR count). The molecule has 1 aliphatic carbocycles. The Bertz CT molecular complexity index is 891. The van der Waals surface area contributed by atoms with Gasteiger partial charge in [-0.3, -0.25) is 0 Å². The van der Waals surface area contributed by atoms with E-state index in [4.69, 9.17) is 16.6 Å². The monoisotopic (exact) mass is 364 g/mol. The van der Waals surface area contributed by atoms with E-state index in [9.17, 15) is 0 Å². The molecule has 2 aromatic carbocycles. The van der Waals surface area contributed by atoms with Gasteiger partial charge in [-0.15, -0.1) is 0 Å². The number of benzene rings is 2. The maximum absolute atomic E-state index is 6.64. The summed E-state index contributed by atoms with van der Waals surface area (Å²) in [6, 6.07) is 13.1. The second-order valence-corrected chi connectivity index (χ2v) is 7.96. The van der Waals surface area contributed by atoms with Crippen molar-refractivity contribution in [2.24, 2.45) is 4.99 Å². The number of fused-ring (bicyclic) bond motifs is 1. The van der Waals surface area contributed by atoms with Crippen LogP contribution in [0.5, 0.6) is 0 Å². The molecular formula is C23H25ClN2. The summed E-state index contributed by atoms with van der Waals surface area (Å²) in [7, 11) is 0. The fourth-order valence-electron chi connectivity index (χ4n) is 4.13. The maximum Gasteiger partial charge on any atom is 0.142 e. The Labute approximate surface area is 161 Å². The van der Waals surface area contributed by atoms with E-state index >= 15 is 0 Å². The molecular weight excluding hydrogens is 340 g/mol. The first kappa shape index (κ1) is 17.4. The zero-order chi connectivity index (χ0) is 18.3. The van der Waals surface area contributed by atoms with E-state index in [0.29, 0.717) is 6.04 Å². The first-order valence-corrected chi connectivity index (χ1v) is 9.87. The zero-order valence-corrected chi connectivity index (χ0v) is 16.3. The van der Waals surface area contributed by atoms with Crippen LogP contribution in [0.2, 0.25) is 5.02 Å². The Balaban J connectivity index is 1.88. The van der Waals surface area contributed by atoms with E-state index in [-0.39, 0.29) is 0 Å². The Kier molecular flexibility index (Phi) is 4.62. The first-order chi connectivity index (χ1) is 12.5. The number of hydrogen-bond donors (Lipinski definition) is 0. The summed E-state index contributed by atoms with van der Waals surface area (Å²) in [6.45, 7) is 8.63. The lowest BCUT2D eigenvalue weighted by Crippen LogP contribution is -2.41. The average molecular weight is 365 g/mol. The SMILES string of the molecule is C=C1c2ccc(C)cc2N=C(c2ccc(C)cc2Cl)N1C1CCCCC1. The molecule has 0 atom stereocenters. The fourth-order valence-corrected chi connectivity index (χ4v) is 4.45. The second kappa shape index (κ2) is 6.92. The molecule has 0 unspecified atom stereocenters. The van der Waals surface area contributed by atoms with Gasteiger partial charge < -0.3 is 4.90 Å². The summed E-state index contributed by atoms with van der Waals surface area (Å²) in [6.07, 6.45) is 6.23. The Morgan fingerprint density at radius 2 is 1.62 bits per heavy atom. The summed E-state index contributed by atoms with van der Waals surface area (Å²) in [4.78, 5) is 7.43. The van der Waals surface area contributed by atoms with Crippen LogP contribution in [0.15, 0.2) is 48.0 Å². The lowest BCUT2D eigenvalue weighted by molar-refractivity contribution is 0.310. The van der Waals surface area contributed by atoms with E-state index in [1.54, 1.807) is 0 Å². The van der Waals surface area contributed by atoms with Crippen LogP contribution in [-0.4, -0.2) is 16.8 Å². The molecule has 1 fully saturated rings. The average Bonchev–Trinajstić information content (AvgIpc) is 2.62. The van der Waals surface area contributed by atoms with Crippen LogP contribution in [0.4, 0.5) is 5.69 Å². The lowest BCUT2D eigenvalue weighted by Gasteiger charge is -2.40. The van der Waals surface area contributed by atoms with Crippen LogP contribution in [0.1, 0.15) is 54.4 Å². The van der Waals surface area contributed by atoms with Gasteiger partial charge in [0.2, 0.25) is 0 Å². The highest BCUT2D eigenvalue weighted by atomic mass is 35.5. The quantitative estimate of drug-likeness (QED) is 0.582. The van der Waals surface area contributed by atoms with Crippen molar-refractivity contribution in [1.82, 2.24) is 4.90 Å². The van der Waals surface area contributed by atoms with Crippen LogP contribution in [0, 0.1) is 13.8 Å². The van der Waals surface area contributed by atoms with Gasteiger partial charge >= 0.3 is 0 Å². The van der Waals surface area contributed by atoms with Crippen molar-refractivity contribution in [3.8, 4) is 0 Å². The first-order valence-electron chi connectivity index (χ1n) is 9.49. The topological polar surface area (TPSA) is 15.6 Å². The van der Waals surface area contributed by atoms with Crippen molar-refractivity contribution in [2.75, 3.05) is 0 Å². The third-order valence-corrected chi connectivity index (χ3v) is 5.83. The highest BCUT2D eigenvalue weighted by Gasteiger charge is 2.32. The molecule has 0 radical (unpaired) electrons. The predicted molar refractivity (Wildman–Crippen MR) is 111 cm³/mol. The van der Waals surface area contributed by atoms with Gasteiger partial charge in [-0.25, -0.2) is 4.99 Å². The van der Waals surface area contributed by atoms with E-state index in [1.807, 2.05) is 6.07 Å². The molecule has 2 nitrogen and oxygen atoms in total. The number of aliphatic imine (C=N–C) groups is 1. The van der Waals surface area contributed by atoms with Gasteiger partial charge in [0.25, 0.3) is 0 Å². The van der Waals surface area contributed by atoms with Gasteiger partial charge in [-0.05, 0) is 56.0 Å². The summed E-state index contributed by atoms with van der Waals surface area (Å²) in [5.41, 5.74) is 6.54. The van der Waals surface area contributed by atoms with Gasteiger partial charge in [-0.1, -0.05) is 55.6 Å². The molecule has 0 N–H and O–H groups in total. The molecule has 1 heterocycles. The minimum Gasteiger partial charge on any atom is -0.323 e. The van der Waals surface area contributed by atoms with Crippen molar-refractivity contribution in [2.45, 2.75) is 52.0 Å². The molecule has 3 heteroatoms. The molecule has 0 amide bonds. The molecule has 1 aliphatic heterocycles. The minimum absolute atomic E-state index is 0.446. The van der Waals surface area contributed by atoms with Crippen LogP contribution in [0.3, 0.4) is 0 Å². The number of rotatable bonds is 2. The highest BCUT2D eigenvalue weighted by Crippen LogP contribution is 2.40. The van der Waals surface area contributed by atoms with E-state index in [1.165, 1.54) is 37.7 Å². The third kappa shape index (κ3) is 3.07. The normalized spacial score (nSPS) is 17.9. The smallest absolute Gasteiger partial charge is 0.142 e. The van der Waals surface area contributed by atoms with Gasteiger partial charge in [0.15, 0.2) is 0 Å². The summed E-state index contributed by atoms with van der Waals surface area (Å²) < 4.78 is 0. The largest absolute Gasteiger partial charge is 0.323 e. The van der Waals surface area contributed by atoms with Crippen LogP contribution >= 0.6 is 11.6 Å². The molecule has 134 valence electrons. The Morgan fingerprint density at radius 1 is 0.962 bits per heavy atom. The predicted octanol–water partition coefficient (Wildman–Crippen LogP) is 6.65. The summed E-state index contributed by atoms with van der Waals surface area (Å²) >= 11 is 6.64. The number of nitrogens with zero attached hydrogens (tertiary/aromatic N) is 2. The summed E-state index contributed by atoms with van der Waals surface area (Å²) in [5.74, 6) is 0.949. The Hall–Kier alpha value is -2.06. The van der Waals surface area contributed by atoms with E-state index < -0.39 is 0 Å². The zero-order valence-electron chi connectivity index (χ0n) is 15.6. The number of halogens is 1. The minimum atomic E-state index is 0.446. The van der Waals surface area contributed by atoms with Crippen molar-refractivity contribution < 1.29 is 0 Å². The molecule has 0 aromatic heterocycles. The van der Waals surface area contributed by atoms with E-state index in [0.717, 1.165) is 38.9 Å². The fraction of sp³-hybridized carbons (Fsp3) is 0.348. The Morgan fingerprint density at radius 3 is 2.31 bits per heavy atom. The maximum atomic E-state index is 6.64. The van der Waals surface area contributed by atoms with Crippen LogP contribution < -0.4 is 0 Å². The number of amidine groups is 1. The second-order valence-electron chi connectivity index (χ2n) is 7.55. The molecule has 0 bridgehead atoms. The molecule has 1 saturated carbocycles. The van der Waals surface area contributed by atoms with Gasteiger partial charge in [0, 0.05) is 22.9 Å². The summed E-state index contributed by atoms with van der Waals surface area (Å²) in [5, 5.41) is 0.758. The van der Waals surface area contributed by atoms with Gasteiger partial charge in [0.1, 0.15) is 5.84 Å². The number of hydrogen-bond acceptors (Lipinski definition) is 2. The molecule has 2 aromatic rings. The van der Waals surface area contributed by atoms with Crippen molar-refractivity contribution in [1.29, 1.82) is 0 Å². The van der Waals surface area contributed by atoms with Crippen LogP contribution in [0.25, 0.3) is 5.70 Å². The van der Waals surface area contributed by atoms with Crippen molar-refractivity contribution >= 4 is 28.8 Å². The third-order valence-electron chi connectivity index (χ3n) is 5.51. The molecule has 2 aliphatic rings. The van der Waals surface area contributed by atoms with Crippen LogP contribution in [-0.2, 0) is 0 Å². The lowest BCUT2D eigenvalue weighted by atomic mass is 9.91. The van der Waals surface area contributed by atoms with Crippen molar-refractivity contribution in [3.63, 3.8) is 0 Å². The van der Waals surface area contributed by atoms with Crippen molar-refractivity contribution in [3.05, 3.63) is 70.3 Å². The number of aryl methyl sites for hydroxylation is 2.